The molecule has 4 nitrogen and oxygen atoms in total. The Balaban J connectivity index is 2.57. The molecular formula is C9H8F2N4. The standard InChI is InChI=1S/C9H8F2N4/c1-12-8-6(10)5-7(11)9(14-8)15-4-2-3-13-15/h2-5H,1H3,(H,12,14). The topological polar surface area (TPSA) is 42.7 Å². The van der Waals surface area contributed by atoms with Gasteiger partial charge in [-0.2, -0.15) is 5.10 Å². The van der Waals surface area contributed by atoms with E-state index in [1.807, 2.05) is 0 Å². The molecule has 0 aliphatic heterocycles. The zero-order valence-corrected chi connectivity index (χ0v) is 7.91. The van der Waals surface area contributed by atoms with Crippen molar-refractivity contribution >= 4 is 5.82 Å². The predicted molar refractivity (Wildman–Crippen MR) is 50.8 cm³/mol. The van der Waals surface area contributed by atoms with Crippen LogP contribution in [-0.2, 0) is 0 Å². The highest BCUT2D eigenvalue weighted by molar-refractivity contribution is 5.41. The van der Waals surface area contributed by atoms with Gasteiger partial charge < -0.3 is 5.32 Å². The molecule has 78 valence electrons. The first-order valence-corrected chi connectivity index (χ1v) is 4.26. The van der Waals surface area contributed by atoms with E-state index < -0.39 is 11.6 Å². The van der Waals surface area contributed by atoms with Gasteiger partial charge in [-0.1, -0.05) is 0 Å². The Hall–Kier alpha value is -1.98. The third kappa shape index (κ3) is 1.65. The van der Waals surface area contributed by atoms with Crippen LogP contribution in [0.15, 0.2) is 24.5 Å². The van der Waals surface area contributed by atoms with Gasteiger partial charge in [0.1, 0.15) is 0 Å². The molecule has 2 heterocycles. The minimum atomic E-state index is -0.754. The molecule has 2 aromatic rings. The van der Waals surface area contributed by atoms with Crippen LogP contribution >= 0.6 is 0 Å². The van der Waals surface area contributed by atoms with Crippen molar-refractivity contribution in [3.8, 4) is 5.82 Å². The molecule has 0 aromatic carbocycles. The van der Waals surface area contributed by atoms with Gasteiger partial charge in [0.2, 0.25) is 0 Å². The van der Waals surface area contributed by atoms with Crippen molar-refractivity contribution in [3.05, 3.63) is 36.2 Å². The molecule has 15 heavy (non-hydrogen) atoms. The zero-order chi connectivity index (χ0) is 10.8. The van der Waals surface area contributed by atoms with Crippen LogP contribution in [0, 0.1) is 11.6 Å². The smallest absolute Gasteiger partial charge is 0.191 e. The quantitative estimate of drug-likeness (QED) is 0.818. The lowest BCUT2D eigenvalue weighted by Gasteiger charge is -2.06. The summed E-state index contributed by atoms with van der Waals surface area (Å²) in [6.45, 7) is 0. The zero-order valence-electron chi connectivity index (χ0n) is 7.91. The molecular weight excluding hydrogens is 202 g/mol. The summed E-state index contributed by atoms with van der Waals surface area (Å²) < 4.78 is 27.6. The second-order valence-corrected chi connectivity index (χ2v) is 2.82. The molecule has 0 spiro atoms. The summed E-state index contributed by atoms with van der Waals surface area (Å²) in [5, 5.41) is 6.35. The number of nitrogens with one attached hydrogen (secondary N) is 1. The van der Waals surface area contributed by atoms with E-state index in [4.69, 9.17) is 0 Å². The lowest BCUT2D eigenvalue weighted by Crippen LogP contribution is -2.06. The van der Waals surface area contributed by atoms with Crippen molar-refractivity contribution in [2.24, 2.45) is 0 Å². The molecule has 0 aliphatic carbocycles. The lowest BCUT2D eigenvalue weighted by atomic mass is 10.4. The Bertz CT molecular complexity index is 467. The Morgan fingerprint density at radius 3 is 2.73 bits per heavy atom. The largest absolute Gasteiger partial charge is 0.371 e. The van der Waals surface area contributed by atoms with Crippen molar-refractivity contribution in [3.63, 3.8) is 0 Å². The van der Waals surface area contributed by atoms with Crippen molar-refractivity contribution in [2.75, 3.05) is 12.4 Å². The van der Waals surface area contributed by atoms with Gasteiger partial charge in [-0.15, -0.1) is 0 Å². The number of anilines is 1. The fraction of sp³-hybridized carbons (Fsp3) is 0.111. The first-order valence-electron chi connectivity index (χ1n) is 4.26. The molecule has 0 fully saturated rings. The molecule has 0 aliphatic rings. The van der Waals surface area contributed by atoms with Crippen LogP contribution < -0.4 is 5.32 Å². The second kappa shape index (κ2) is 3.64. The highest BCUT2D eigenvalue weighted by atomic mass is 19.1. The lowest BCUT2D eigenvalue weighted by molar-refractivity contribution is 0.563. The summed E-state index contributed by atoms with van der Waals surface area (Å²) in [5.41, 5.74) is 0. The Morgan fingerprint density at radius 1 is 1.33 bits per heavy atom. The van der Waals surface area contributed by atoms with Gasteiger partial charge in [-0.05, 0) is 6.07 Å². The molecule has 0 radical (unpaired) electrons. The van der Waals surface area contributed by atoms with Gasteiger partial charge >= 0.3 is 0 Å². The average Bonchev–Trinajstić information content (AvgIpc) is 2.71. The molecule has 2 aromatic heterocycles. The van der Waals surface area contributed by atoms with E-state index in [0.29, 0.717) is 0 Å². The fourth-order valence-corrected chi connectivity index (χ4v) is 1.19. The minimum Gasteiger partial charge on any atom is -0.371 e. The van der Waals surface area contributed by atoms with Crippen LogP contribution in [0.25, 0.3) is 5.82 Å². The first-order chi connectivity index (χ1) is 7.22. The maximum atomic E-state index is 13.3. The maximum absolute atomic E-state index is 13.3. The van der Waals surface area contributed by atoms with Crippen LogP contribution in [0.4, 0.5) is 14.6 Å². The molecule has 0 amide bonds. The maximum Gasteiger partial charge on any atom is 0.191 e. The summed E-state index contributed by atoms with van der Waals surface area (Å²) >= 11 is 0. The van der Waals surface area contributed by atoms with E-state index in [9.17, 15) is 8.78 Å². The summed E-state index contributed by atoms with van der Waals surface area (Å²) in [5.74, 6) is -1.53. The Kier molecular flexibility index (Phi) is 2.32. The predicted octanol–water partition coefficient (Wildman–Crippen LogP) is 1.59. The summed E-state index contributed by atoms with van der Waals surface area (Å²) in [4.78, 5) is 3.77. The van der Waals surface area contributed by atoms with E-state index in [1.165, 1.54) is 24.1 Å². The van der Waals surface area contributed by atoms with Gasteiger partial charge in [-0.25, -0.2) is 18.4 Å². The molecule has 0 unspecified atom stereocenters. The molecule has 0 saturated carbocycles. The van der Waals surface area contributed by atoms with Crippen molar-refractivity contribution in [2.45, 2.75) is 0 Å². The van der Waals surface area contributed by atoms with Gasteiger partial charge in [-0.3, -0.25) is 0 Å². The summed E-state index contributed by atoms with van der Waals surface area (Å²) in [7, 11) is 1.51. The van der Waals surface area contributed by atoms with Crippen molar-refractivity contribution in [1.29, 1.82) is 0 Å². The van der Waals surface area contributed by atoms with E-state index in [2.05, 4.69) is 15.4 Å². The summed E-state index contributed by atoms with van der Waals surface area (Å²) in [6.07, 6.45) is 3.02. The van der Waals surface area contributed by atoms with E-state index in [-0.39, 0.29) is 11.6 Å². The first kappa shape index (κ1) is 9.57. The van der Waals surface area contributed by atoms with Gasteiger partial charge in [0.15, 0.2) is 23.3 Å². The average molecular weight is 210 g/mol. The van der Waals surface area contributed by atoms with Crippen molar-refractivity contribution in [1.82, 2.24) is 14.8 Å². The molecule has 6 heteroatoms. The van der Waals surface area contributed by atoms with Crippen LogP contribution in [0.1, 0.15) is 0 Å². The number of hydrogen-bond donors (Lipinski definition) is 1. The van der Waals surface area contributed by atoms with E-state index >= 15 is 0 Å². The van der Waals surface area contributed by atoms with Gasteiger partial charge in [0, 0.05) is 25.5 Å². The number of rotatable bonds is 2. The molecule has 0 atom stereocenters. The number of nitrogens with zero attached hydrogens (tertiary/aromatic N) is 3. The van der Waals surface area contributed by atoms with Gasteiger partial charge in [0.05, 0.1) is 0 Å². The third-order valence-electron chi connectivity index (χ3n) is 1.87. The number of pyridine rings is 1. The SMILES string of the molecule is CNc1nc(-n2cccn2)c(F)cc1F. The van der Waals surface area contributed by atoms with Crippen LogP contribution in [-0.4, -0.2) is 21.8 Å². The summed E-state index contributed by atoms with van der Waals surface area (Å²) in [6, 6.07) is 2.40. The van der Waals surface area contributed by atoms with Crippen LogP contribution in [0.5, 0.6) is 0 Å². The highest BCUT2D eigenvalue weighted by Gasteiger charge is 2.12. The number of halogens is 2. The van der Waals surface area contributed by atoms with E-state index in [0.717, 1.165) is 6.07 Å². The molecule has 2 rings (SSSR count). The fourth-order valence-electron chi connectivity index (χ4n) is 1.19. The van der Waals surface area contributed by atoms with E-state index in [1.54, 1.807) is 6.07 Å². The highest BCUT2D eigenvalue weighted by Crippen LogP contribution is 2.16. The van der Waals surface area contributed by atoms with Crippen LogP contribution in [0.3, 0.4) is 0 Å². The molecule has 0 saturated heterocycles. The number of aromatic nitrogens is 3. The molecule has 0 bridgehead atoms. The van der Waals surface area contributed by atoms with Gasteiger partial charge in [0.25, 0.3) is 0 Å². The van der Waals surface area contributed by atoms with Crippen molar-refractivity contribution < 1.29 is 8.78 Å². The molecule has 1 N–H and O–H groups in total. The number of hydrogen-bond acceptors (Lipinski definition) is 3. The van der Waals surface area contributed by atoms with Crippen LogP contribution in [0.2, 0.25) is 0 Å². The third-order valence-corrected chi connectivity index (χ3v) is 1.87. The Morgan fingerprint density at radius 2 is 2.13 bits per heavy atom. The second-order valence-electron chi connectivity index (χ2n) is 2.82. The normalized spacial score (nSPS) is 10.3. The Labute approximate surface area is 84.6 Å². The minimum absolute atomic E-state index is 0.0121. The monoisotopic (exact) mass is 210 g/mol.